The number of likely N-dealkylation sites (tertiary alicyclic amines) is 1. The van der Waals surface area contributed by atoms with E-state index in [0.717, 1.165) is 32.3 Å². The third kappa shape index (κ3) is 2.83. The molecule has 1 spiro atoms. The third-order valence-electron chi connectivity index (χ3n) is 5.60. The fourth-order valence-electron chi connectivity index (χ4n) is 4.19. The Hall–Kier alpha value is -1.92. The molecule has 0 saturated carbocycles. The highest BCUT2D eigenvalue weighted by Crippen LogP contribution is 2.37. The van der Waals surface area contributed by atoms with E-state index < -0.39 is 0 Å². The molecule has 25 heavy (non-hydrogen) atoms. The minimum Gasteiger partial charge on any atom is -0.378 e. The minimum absolute atomic E-state index is 0.0878. The van der Waals surface area contributed by atoms with Gasteiger partial charge in [-0.05, 0) is 37.8 Å². The number of hydrogen-bond donors (Lipinski definition) is 1. The van der Waals surface area contributed by atoms with Crippen molar-refractivity contribution in [2.45, 2.75) is 37.4 Å². The summed E-state index contributed by atoms with van der Waals surface area (Å²) < 4.78 is 25.6. The zero-order valence-electron chi connectivity index (χ0n) is 14.4. The molecule has 2 aliphatic heterocycles. The molecule has 1 atom stereocenters. The molecule has 3 heterocycles. The Morgan fingerprint density at radius 2 is 2.20 bits per heavy atom. The second-order valence-corrected chi connectivity index (χ2v) is 6.96. The van der Waals surface area contributed by atoms with Crippen LogP contribution in [0.15, 0.2) is 24.3 Å². The molecule has 1 aromatic carbocycles. The van der Waals surface area contributed by atoms with E-state index in [0.29, 0.717) is 29.7 Å². The van der Waals surface area contributed by atoms with Crippen molar-refractivity contribution in [1.82, 2.24) is 9.88 Å². The highest BCUT2D eigenvalue weighted by atomic mass is 19.1. The zero-order valence-corrected chi connectivity index (χ0v) is 14.4. The summed E-state index contributed by atoms with van der Waals surface area (Å²) in [6, 6.07) is 6.56. The maximum atomic E-state index is 13.8. The van der Waals surface area contributed by atoms with Crippen LogP contribution in [0.5, 0.6) is 0 Å². The quantitative estimate of drug-likeness (QED) is 0.909. The largest absolute Gasteiger partial charge is 0.378 e. The molecule has 0 bridgehead atoms. The van der Waals surface area contributed by atoms with Crippen molar-refractivity contribution in [2.75, 3.05) is 26.8 Å². The molecule has 2 aliphatic rings. The Balaban J connectivity index is 1.50. The number of benzene rings is 1. The molecule has 1 aromatic heterocycles. The first-order valence-corrected chi connectivity index (χ1v) is 8.86. The van der Waals surface area contributed by atoms with E-state index in [-0.39, 0.29) is 23.4 Å². The second-order valence-electron chi connectivity index (χ2n) is 6.96. The number of nitrogens with zero attached hydrogens (tertiary/aromatic N) is 1. The van der Waals surface area contributed by atoms with Crippen molar-refractivity contribution in [1.29, 1.82) is 0 Å². The number of hydrogen-bond acceptors (Lipinski definition) is 3. The number of carbonyl (C=O) groups excluding carboxylic acids is 1. The molecular weight excluding hydrogens is 323 g/mol. The first-order valence-electron chi connectivity index (χ1n) is 8.86. The summed E-state index contributed by atoms with van der Waals surface area (Å²) in [5, 5.41) is 0.715. The number of methoxy groups -OCH3 is 1. The van der Waals surface area contributed by atoms with E-state index in [1.165, 1.54) is 6.07 Å². The van der Waals surface area contributed by atoms with Crippen molar-refractivity contribution in [3.63, 3.8) is 0 Å². The van der Waals surface area contributed by atoms with E-state index in [2.05, 4.69) is 4.98 Å². The van der Waals surface area contributed by atoms with Crippen LogP contribution in [0.25, 0.3) is 10.9 Å². The fraction of sp³-hybridized carbons (Fsp3) is 0.526. The molecule has 1 N–H and O–H groups in total. The fourth-order valence-corrected chi connectivity index (χ4v) is 4.19. The van der Waals surface area contributed by atoms with E-state index in [4.69, 9.17) is 9.47 Å². The van der Waals surface area contributed by atoms with Gasteiger partial charge in [0.25, 0.3) is 5.91 Å². The molecular formula is C19H23FN2O3. The van der Waals surface area contributed by atoms with Gasteiger partial charge in [0.15, 0.2) is 0 Å². The standard InChI is InChI=1S/C19H23FN2O3/c1-24-16-6-3-11-25-19(16)7-9-22(10-8-19)18(23)15-12-13-4-2-5-14(20)17(13)21-15/h2,4-5,12,16,21H,3,6-11H2,1H3/t16-/m0/s1. The number of amides is 1. The predicted molar refractivity (Wildman–Crippen MR) is 92.1 cm³/mol. The molecule has 6 heteroatoms. The van der Waals surface area contributed by atoms with E-state index in [1.54, 1.807) is 25.3 Å². The van der Waals surface area contributed by atoms with Gasteiger partial charge in [0, 0.05) is 32.2 Å². The van der Waals surface area contributed by atoms with Crippen LogP contribution in [0.4, 0.5) is 4.39 Å². The molecule has 2 fully saturated rings. The minimum atomic E-state index is -0.340. The molecule has 5 nitrogen and oxygen atoms in total. The number of halogens is 1. The lowest BCUT2D eigenvalue weighted by Gasteiger charge is -2.47. The smallest absolute Gasteiger partial charge is 0.270 e. The summed E-state index contributed by atoms with van der Waals surface area (Å²) in [6.45, 7) is 2.00. The molecule has 4 rings (SSSR count). The molecule has 0 unspecified atom stereocenters. The number of aromatic amines is 1. The molecule has 0 aliphatic carbocycles. The number of piperidine rings is 1. The van der Waals surface area contributed by atoms with Crippen LogP contribution >= 0.6 is 0 Å². The number of para-hydroxylation sites is 1. The van der Waals surface area contributed by atoms with Gasteiger partial charge in [-0.1, -0.05) is 12.1 Å². The van der Waals surface area contributed by atoms with Crippen molar-refractivity contribution in [3.05, 3.63) is 35.8 Å². The van der Waals surface area contributed by atoms with E-state index in [9.17, 15) is 9.18 Å². The number of rotatable bonds is 2. The van der Waals surface area contributed by atoms with E-state index in [1.807, 2.05) is 4.90 Å². The van der Waals surface area contributed by atoms with Crippen LogP contribution < -0.4 is 0 Å². The van der Waals surface area contributed by atoms with Gasteiger partial charge in [0.1, 0.15) is 11.5 Å². The Kier molecular flexibility index (Phi) is 4.25. The summed E-state index contributed by atoms with van der Waals surface area (Å²) in [5.74, 6) is -0.428. The highest BCUT2D eigenvalue weighted by molar-refractivity contribution is 5.98. The first kappa shape index (κ1) is 16.5. The number of carbonyl (C=O) groups is 1. The van der Waals surface area contributed by atoms with Crippen LogP contribution in [0.2, 0.25) is 0 Å². The normalized spacial score (nSPS) is 23.3. The van der Waals surface area contributed by atoms with Crippen molar-refractivity contribution < 1.29 is 18.7 Å². The highest BCUT2D eigenvalue weighted by Gasteiger charge is 2.45. The van der Waals surface area contributed by atoms with Crippen molar-refractivity contribution >= 4 is 16.8 Å². The predicted octanol–water partition coefficient (Wildman–Crippen LogP) is 3.11. The average molecular weight is 346 g/mol. The lowest BCUT2D eigenvalue weighted by Crippen LogP contribution is -2.56. The van der Waals surface area contributed by atoms with Crippen LogP contribution in [-0.4, -0.2) is 54.3 Å². The van der Waals surface area contributed by atoms with Crippen LogP contribution in [0.3, 0.4) is 0 Å². The topological polar surface area (TPSA) is 54.6 Å². The number of ether oxygens (including phenoxy) is 2. The summed E-state index contributed by atoms with van der Waals surface area (Å²) in [4.78, 5) is 17.6. The van der Waals surface area contributed by atoms with Gasteiger partial charge in [0.05, 0.1) is 17.2 Å². The maximum Gasteiger partial charge on any atom is 0.270 e. The van der Waals surface area contributed by atoms with Gasteiger partial charge in [-0.15, -0.1) is 0 Å². The summed E-state index contributed by atoms with van der Waals surface area (Å²) in [6.07, 6.45) is 3.66. The van der Waals surface area contributed by atoms with Gasteiger partial charge in [-0.3, -0.25) is 4.79 Å². The molecule has 1 amide bonds. The van der Waals surface area contributed by atoms with Crippen molar-refractivity contribution in [2.24, 2.45) is 0 Å². The van der Waals surface area contributed by atoms with Gasteiger partial charge in [-0.2, -0.15) is 0 Å². The molecule has 0 radical (unpaired) electrons. The Morgan fingerprint density at radius 3 is 2.92 bits per heavy atom. The van der Waals surface area contributed by atoms with E-state index >= 15 is 0 Å². The lowest BCUT2D eigenvalue weighted by molar-refractivity contribution is -0.183. The Labute approximate surface area is 146 Å². The number of nitrogens with one attached hydrogen (secondary N) is 1. The van der Waals surface area contributed by atoms with Crippen molar-refractivity contribution in [3.8, 4) is 0 Å². The van der Waals surface area contributed by atoms with Gasteiger partial charge in [-0.25, -0.2) is 4.39 Å². The number of aromatic nitrogens is 1. The SMILES string of the molecule is CO[C@H]1CCCOC12CCN(C(=O)c1cc3cccc(F)c3[nH]1)CC2. The maximum absolute atomic E-state index is 13.8. The van der Waals surface area contributed by atoms with Gasteiger partial charge < -0.3 is 19.4 Å². The monoisotopic (exact) mass is 346 g/mol. The zero-order chi connectivity index (χ0) is 17.4. The van der Waals surface area contributed by atoms with Gasteiger partial charge >= 0.3 is 0 Å². The van der Waals surface area contributed by atoms with Crippen LogP contribution in [-0.2, 0) is 9.47 Å². The first-order chi connectivity index (χ1) is 12.1. The summed E-state index contributed by atoms with van der Waals surface area (Å²) in [5.41, 5.74) is 0.550. The number of H-pyrrole nitrogens is 1. The molecule has 2 saturated heterocycles. The Bertz CT molecular complexity index is 780. The van der Waals surface area contributed by atoms with Gasteiger partial charge in [0.2, 0.25) is 0 Å². The molecule has 2 aromatic rings. The average Bonchev–Trinajstić information content (AvgIpc) is 3.08. The summed E-state index contributed by atoms with van der Waals surface area (Å²) >= 11 is 0. The summed E-state index contributed by atoms with van der Waals surface area (Å²) in [7, 11) is 1.73. The third-order valence-corrected chi connectivity index (χ3v) is 5.60. The van der Waals surface area contributed by atoms with Crippen LogP contribution in [0, 0.1) is 5.82 Å². The number of fused-ring (bicyclic) bond motifs is 1. The Morgan fingerprint density at radius 1 is 1.40 bits per heavy atom. The second kappa shape index (κ2) is 6.42. The lowest BCUT2D eigenvalue weighted by atomic mass is 9.82. The molecule has 134 valence electrons. The van der Waals surface area contributed by atoms with Crippen LogP contribution in [0.1, 0.15) is 36.2 Å².